The van der Waals surface area contributed by atoms with Crippen LogP contribution in [0.2, 0.25) is 0 Å². The first-order valence-corrected chi connectivity index (χ1v) is 9.49. The number of phenolic OH excluding ortho intramolecular Hbond substituents is 2. The van der Waals surface area contributed by atoms with Gasteiger partial charge in [0.15, 0.2) is 17.3 Å². The summed E-state index contributed by atoms with van der Waals surface area (Å²) in [6, 6.07) is 17.1. The number of anilines is 1. The van der Waals surface area contributed by atoms with Gasteiger partial charge in [-0.3, -0.25) is 4.79 Å². The van der Waals surface area contributed by atoms with Gasteiger partial charge >= 0.3 is 0 Å². The van der Waals surface area contributed by atoms with Gasteiger partial charge in [-0.15, -0.1) is 0 Å². The Morgan fingerprint density at radius 3 is 2.19 bits per heavy atom. The molecule has 3 rings (SSSR count). The van der Waals surface area contributed by atoms with Crippen LogP contribution in [0.1, 0.15) is 21.5 Å². The van der Waals surface area contributed by atoms with Crippen molar-refractivity contribution in [2.75, 3.05) is 19.5 Å². The number of ether oxygens (including phenoxy) is 2. The summed E-state index contributed by atoms with van der Waals surface area (Å²) < 4.78 is 10.4. The normalized spacial score (nSPS) is 11.0. The Balaban J connectivity index is 1.62. The van der Waals surface area contributed by atoms with Gasteiger partial charge in [-0.05, 0) is 59.7 Å². The average Bonchev–Trinajstić information content (AvgIpc) is 2.78. The zero-order valence-electron chi connectivity index (χ0n) is 17.2. The van der Waals surface area contributed by atoms with Crippen LogP contribution in [0.25, 0.3) is 12.2 Å². The number of allylic oxidation sites excluding steroid dienone is 1. The molecule has 0 spiro atoms. The zero-order valence-corrected chi connectivity index (χ0v) is 17.2. The molecular weight excluding hydrogens is 394 g/mol. The first kappa shape index (κ1) is 21.5. The summed E-state index contributed by atoms with van der Waals surface area (Å²) in [5.74, 6) is 0.720. The first-order valence-electron chi connectivity index (χ1n) is 9.49. The van der Waals surface area contributed by atoms with Crippen molar-refractivity contribution >= 4 is 23.6 Å². The highest BCUT2D eigenvalue weighted by Gasteiger charge is 2.10. The van der Waals surface area contributed by atoms with Crippen LogP contribution in [0.5, 0.6) is 23.0 Å². The Bertz CT molecular complexity index is 1100. The molecule has 0 radical (unpaired) electrons. The largest absolute Gasteiger partial charge is 0.508 e. The molecular formula is C25H23NO5. The van der Waals surface area contributed by atoms with Crippen molar-refractivity contribution in [3.8, 4) is 23.0 Å². The maximum absolute atomic E-state index is 12.1. The molecule has 3 N–H and O–H groups in total. The maximum atomic E-state index is 12.1. The van der Waals surface area contributed by atoms with Crippen LogP contribution in [0.15, 0.2) is 72.9 Å². The van der Waals surface area contributed by atoms with Crippen molar-refractivity contribution in [3.63, 3.8) is 0 Å². The van der Waals surface area contributed by atoms with Crippen molar-refractivity contribution in [2.45, 2.75) is 0 Å². The van der Waals surface area contributed by atoms with E-state index in [1.807, 2.05) is 36.4 Å². The molecule has 0 saturated heterocycles. The topological polar surface area (TPSA) is 88.0 Å². The van der Waals surface area contributed by atoms with E-state index in [1.54, 1.807) is 30.5 Å². The molecule has 0 aliphatic rings. The van der Waals surface area contributed by atoms with E-state index in [4.69, 9.17) is 9.47 Å². The van der Waals surface area contributed by atoms with E-state index in [0.29, 0.717) is 17.1 Å². The molecule has 0 saturated carbocycles. The van der Waals surface area contributed by atoms with Crippen LogP contribution in [-0.2, 0) is 0 Å². The quantitative estimate of drug-likeness (QED) is 0.269. The van der Waals surface area contributed by atoms with Crippen LogP contribution in [0, 0.1) is 0 Å². The summed E-state index contributed by atoms with van der Waals surface area (Å²) in [6.45, 7) is 0. The molecule has 0 aliphatic heterocycles. The Hall–Kier alpha value is -4.19. The molecule has 0 aromatic heterocycles. The van der Waals surface area contributed by atoms with Gasteiger partial charge in [0.05, 0.1) is 14.2 Å². The molecule has 0 unspecified atom stereocenters. The van der Waals surface area contributed by atoms with Gasteiger partial charge in [-0.2, -0.15) is 0 Å². The predicted octanol–water partition coefficient (Wildman–Crippen LogP) is 5.09. The standard InChI is InChI=1S/C25H23NO5/c1-30-24-16-18(15-23(29)25(24)31-2)4-3-17-5-9-20(10-6-17)26-14-13-22(28)19-7-11-21(27)12-8-19/h3-16,26-27,29H,1-2H3/b4-3-,14-13-. The molecule has 0 bridgehead atoms. The minimum Gasteiger partial charge on any atom is -0.508 e. The number of methoxy groups -OCH3 is 2. The van der Waals surface area contributed by atoms with Crippen LogP contribution >= 0.6 is 0 Å². The fourth-order valence-corrected chi connectivity index (χ4v) is 2.88. The van der Waals surface area contributed by atoms with Gasteiger partial charge in [0.25, 0.3) is 0 Å². The Labute approximate surface area is 180 Å². The summed E-state index contributed by atoms with van der Waals surface area (Å²) >= 11 is 0. The molecule has 0 amide bonds. The van der Waals surface area contributed by atoms with E-state index in [-0.39, 0.29) is 17.3 Å². The lowest BCUT2D eigenvalue weighted by molar-refractivity contribution is 0.104. The third kappa shape index (κ3) is 5.67. The fourth-order valence-electron chi connectivity index (χ4n) is 2.88. The lowest BCUT2D eigenvalue weighted by atomic mass is 10.1. The third-order valence-electron chi connectivity index (χ3n) is 4.50. The van der Waals surface area contributed by atoms with Crippen LogP contribution in [0.4, 0.5) is 5.69 Å². The summed E-state index contributed by atoms with van der Waals surface area (Å²) in [7, 11) is 2.99. The molecule has 6 nitrogen and oxygen atoms in total. The number of phenols is 2. The monoisotopic (exact) mass is 417 g/mol. The van der Waals surface area contributed by atoms with Crippen LogP contribution in [0.3, 0.4) is 0 Å². The zero-order chi connectivity index (χ0) is 22.2. The number of aromatic hydroxyl groups is 2. The van der Waals surface area contributed by atoms with E-state index in [2.05, 4.69) is 5.32 Å². The minimum absolute atomic E-state index is 0.00897. The van der Waals surface area contributed by atoms with Gasteiger partial charge in [0.2, 0.25) is 5.75 Å². The van der Waals surface area contributed by atoms with Crippen molar-refractivity contribution in [3.05, 3.63) is 89.6 Å². The van der Waals surface area contributed by atoms with E-state index < -0.39 is 0 Å². The van der Waals surface area contributed by atoms with Gasteiger partial charge in [0, 0.05) is 23.5 Å². The Morgan fingerprint density at radius 1 is 0.871 bits per heavy atom. The number of carbonyl (C=O) groups excluding carboxylic acids is 1. The van der Waals surface area contributed by atoms with Gasteiger partial charge in [-0.25, -0.2) is 0 Å². The second-order valence-electron chi connectivity index (χ2n) is 6.62. The molecule has 0 fully saturated rings. The van der Waals surface area contributed by atoms with E-state index in [0.717, 1.165) is 16.8 Å². The SMILES string of the molecule is COc1cc(/C=C\c2ccc(N/C=C\C(=O)c3ccc(O)cc3)cc2)cc(O)c1OC. The summed E-state index contributed by atoms with van der Waals surface area (Å²) in [6.07, 6.45) is 6.78. The third-order valence-corrected chi connectivity index (χ3v) is 4.50. The molecule has 3 aromatic rings. The lowest BCUT2D eigenvalue weighted by Crippen LogP contribution is -1.95. The number of hydrogen-bond donors (Lipinski definition) is 3. The second-order valence-corrected chi connectivity index (χ2v) is 6.62. The molecule has 0 atom stereocenters. The van der Waals surface area contributed by atoms with Gasteiger partial charge in [0.1, 0.15) is 5.75 Å². The number of rotatable bonds is 8. The fraction of sp³-hybridized carbons (Fsp3) is 0.0800. The molecule has 31 heavy (non-hydrogen) atoms. The highest BCUT2D eigenvalue weighted by molar-refractivity contribution is 6.04. The number of nitrogens with one attached hydrogen (secondary N) is 1. The molecule has 0 heterocycles. The van der Waals surface area contributed by atoms with Gasteiger partial charge < -0.3 is 25.0 Å². The number of ketones is 1. The molecule has 3 aromatic carbocycles. The molecule has 6 heteroatoms. The van der Waals surface area contributed by atoms with Crippen LogP contribution in [-0.4, -0.2) is 30.2 Å². The van der Waals surface area contributed by atoms with E-state index in [9.17, 15) is 15.0 Å². The minimum atomic E-state index is -0.162. The smallest absolute Gasteiger partial charge is 0.203 e. The Morgan fingerprint density at radius 2 is 1.55 bits per heavy atom. The Kier molecular flexibility index (Phi) is 6.96. The van der Waals surface area contributed by atoms with Gasteiger partial charge in [-0.1, -0.05) is 24.3 Å². The van der Waals surface area contributed by atoms with E-state index >= 15 is 0 Å². The molecule has 0 aliphatic carbocycles. The average molecular weight is 417 g/mol. The predicted molar refractivity (Wildman–Crippen MR) is 122 cm³/mol. The lowest BCUT2D eigenvalue weighted by Gasteiger charge is -2.10. The van der Waals surface area contributed by atoms with E-state index in [1.165, 1.54) is 32.4 Å². The summed E-state index contributed by atoms with van der Waals surface area (Å²) in [5.41, 5.74) is 3.06. The summed E-state index contributed by atoms with van der Waals surface area (Å²) in [5, 5.41) is 22.4. The highest BCUT2D eigenvalue weighted by atomic mass is 16.5. The number of carbonyl (C=O) groups is 1. The van der Waals surface area contributed by atoms with Crippen molar-refractivity contribution < 1.29 is 24.5 Å². The first-order chi connectivity index (χ1) is 15.0. The van der Waals surface area contributed by atoms with Crippen molar-refractivity contribution in [1.82, 2.24) is 0 Å². The maximum Gasteiger partial charge on any atom is 0.203 e. The second kappa shape index (κ2) is 10.0. The molecule has 158 valence electrons. The van der Waals surface area contributed by atoms with Crippen molar-refractivity contribution in [1.29, 1.82) is 0 Å². The van der Waals surface area contributed by atoms with Crippen molar-refractivity contribution in [2.24, 2.45) is 0 Å². The number of hydrogen-bond acceptors (Lipinski definition) is 6. The number of benzene rings is 3. The highest BCUT2D eigenvalue weighted by Crippen LogP contribution is 2.37. The van der Waals surface area contributed by atoms with Crippen LogP contribution < -0.4 is 14.8 Å². The summed E-state index contributed by atoms with van der Waals surface area (Å²) in [4.78, 5) is 12.1.